The van der Waals surface area contributed by atoms with Crippen LogP contribution in [0.1, 0.15) is 0 Å². The number of carbonyl (C=O) groups excluding carboxylic acids is 1. The van der Waals surface area contributed by atoms with E-state index in [1.165, 1.54) is 11.3 Å². The maximum absolute atomic E-state index is 10.5. The fourth-order valence-electron chi connectivity index (χ4n) is 1.30. The lowest BCUT2D eigenvalue weighted by atomic mass is 10.2. The predicted octanol–water partition coefficient (Wildman–Crippen LogP) is 1.26. The third-order valence-corrected chi connectivity index (χ3v) is 2.73. The first kappa shape index (κ1) is 11.4. The maximum atomic E-state index is 10.5. The number of rotatable bonds is 4. The quantitative estimate of drug-likeness (QED) is 0.853. The second-order valence-corrected chi connectivity index (χ2v) is 4.24. The molecule has 0 radical (unpaired) electrons. The van der Waals surface area contributed by atoms with E-state index in [0.717, 1.165) is 11.3 Å². The molecule has 0 unspecified atom stereocenters. The lowest BCUT2D eigenvalue weighted by molar-refractivity contribution is -0.119. The van der Waals surface area contributed by atoms with Crippen molar-refractivity contribution in [1.82, 2.24) is 4.98 Å². The molecule has 0 aliphatic heterocycles. The third-order valence-electron chi connectivity index (χ3n) is 2.05. The Labute approximate surface area is 102 Å². The zero-order valence-electron chi connectivity index (χ0n) is 8.92. The summed E-state index contributed by atoms with van der Waals surface area (Å²) >= 11 is 1.39. The van der Waals surface area contributed by atoms with Crippen LogP contribution in [-0.4, -0.2) is 17.5 Å². The van der Waals surface area contributed by atoms with Crippen LogP contribution in [0.4, 0.5) is 5.13 Å². The summed E-state index contributed by atoms with van der Waals surface area (Å²) in [5.74, 6) is 0.0945. The average Bonchev–Trinajstić information content (AvgIpc) is 2.74. The molecule has 0 spiro atoms. The Bertz CT molecular complexity index is 522. The number of nitrogens with two attached hydrogens (primary N) is 2. The highest BCUT2D eigenvalue weighted by molar-refractivity contribution is 7.13. The van der Waals surface area contributed by atoms with Gasteiger partial charge in [-0.3, -0.25) is 4.79 Å². The number of anilines is 1. The van der Waals surface area contributed by atoms with Crippen LogP contribution in [0.5, 0.6) is 5.75 Å². The largest absolute Gasteiger partial charge is 0.484 e. The Hall–Kier alpha value is -2.08. The molecule has 0 bridgehead atoms. The number of hydrogen-bond acceptors (Lipinski definition) is 5. The lowest BCUT2D eigenvalue weighted by Crippen LogP contribution is -2.19. The minimum absolute atomic E-state index is 0.122. The van der Waals surface area contributed by atoms with Crippen molar-refractivity contribution in [2.24, 2.45) is 5.73 Å². The second kappa shape index (κ2) is 4.84. The van der Waals surface area contributed by atoms with Crippen LogP contribution in [-0.2, 0) is 4.79 Å². The van der Waals surface area contributed by atoms with E-state index < -0.39 is 5.91 Å². The number of amides is 1. The highest BCUT2D eigenvalue weighted by Crippen LogP contribution is 2.24. The molecule has 0 saturated heterocycles. The molecule has 0 saturated carbocycles. The monoisotopic (exact) mass is 249 g/mol. The van der Waals surface area contributed by atoms with Crippen molar-refractivity contribution < 1.29 is 9.53 Å². The molecule has 1 aromatic heterocycles. The molecule has 6 heteroatoms. The fourth-order valence-corrected chi connectivity index (χ4v) is 1.87. The Kier molecular flexibility index (Phi) is 3.24. The number of hydrogen-bond donors (Lipinski definition) is 2. The Morgan fingerprint density at radius 1 is 1.35 bits per heavy atom. The number of benzene rings is 1. The molecule has 1 heterocycles. The molecule has 0 atom stereocenters. The molecule has 0 aliphatic rings. The number of carbonyl (C=O) groups is 1. The summed E-state index contributed by atoms with van der Waals surface area (Å²) in [5, 5.41) is 2.42. The zero-order chi connectivity index (χ0) is 12.3. The Morgan fingerprint density at radius 2 is 2.06 bits per heavy atom. The van der Waals surface area contributed by atoms with E-state index in [2.05, 4.69) is 4.98 Å². The first-order valence-corrected chi connectivity index (χ1v) is 5.75. The van der Waals surface area contributed by atoms with Gasteiger partial charge in [0.1, 0.15) is 5.75 Å². The summed E-state index contributed by atoms with van der Waals surface area (Å²) in [6.45, 7) is -0.122. The van der Waals surface area contributed by atoms with E-state index >= 15 is 0 Å². The molecule has 5 nitrogen and oxygen atoms in total. The molecular weight excluding hydrogens is 238 g/mol. The molecule has 17 heavy (non-hydrogen) atoms. The molecule has 1 amide bonds. The second-order valence-electron chi connectivity index (χ2n) is 3.35. The van der Waals surface area contributed by atoms with Crippen molar-refractivity contribution in [3.8, 4) is 17.0 Å². The van der Waals surface area contributed by atoms with Crippen LogP contribution in [0.2, 0.25) is 0 Å². The van der Waals surface area contributed by atoms with Gasteiger partial charge >= 0.3 is 0 Å². The van der Waals surface area contributed by atoms with Gasteiger partial charge in [-0.25, -0.2) is 4.98 Å². The van der Waals surface area contributed by atoms with E-state index in [-0.39, 0.29) is 6.61 Å². The lowest BCUT2D eigenvalue weighted by Gasteiger charge is -2.03. The predicted molar refractivity (Wildman–Crippen MR) is 66.7 cm³/mol. The maximum Gasteiger partial charge on any atom is 0.255 e. The van der Waals surface area contributed by atoms with Gasteiger partial charge in [-0.05, 0) is 24.3 Å². The first-order valence-electron chi connectivity index (χ1n) is 4.87. The molecule has 4 N–H and O–H groups in total. The Morgan fingerprint density at radius 3 is 2.59 bits per heavy atom. The van der Waals surface area contributed by atoms with E-state index in [9.17, 15) is 4.79 Å². The number of aromatic nitrogens is 1. The van der Waals surface area contributed by atoms with Crippen LogP contribution in [0.15, 0.2) is 29.6 Å². The molecule has 0 aliphatic carbocycles. The third kappa shape index (κ3) is 2.94. The van der Waals surface area contributed by atoms with Crippen LogP contribution in [0.3, 0.4) is 0 Å². The SMILES string of the molecule is NC(=O)COc1ccc(-c2csc(N)n2)cc1. The number of ether oxygens (including phenoxy) is 1. The molecule has 2 aromatic rings. The summed E-state index contributed by atoms with van der Waals surface area (Å²) in [6, 6.07) is 7.22. The molecule has 0 fully saturated rings. The summed E-state index contributed by atoms with van der Waals surface area (Å²) in [4.78, 5) is 14.7. The van der Waals surface area contributed by atoms with Gasteiger partial charge in [-0.1, -0.05) is 0 Å². The topological polar surface area (TPSA) is 91.2 Å². The van der Waals surface area contributed by atoms with Crippen LogP contribution < -0.4 is 16.2 Å². The molecule has 1 aromatic carbocycles. The zero-order valence-corrected chi connectivity index (χ0v) is 9.74. The van der Waals surface area contributed by atoms with Crippen molar-refractivity contribution in [3.05, 3.63) is 29.6 Å². The smallest absolute Gasteiger partial charge is 0.255 e. The van der Waals surface area contributed by atoms with Gasteiger partial charge in [0.05, 0.1) is 5.69 Å². The van der Waals surface area contributed by atoms with Gasteiger partial charge in [0, 0.05) is 10.9 Å². The van der Waals surface area contributed by atoms with Gasteiger partial charge in [0.2, 0.25) is 0 Å². The van der Waals surface area contributed by atoms with Gasteiger partial charge < -0.3 is 16.2 Å². The van der Waals surface area contributed by atoms with Gasteiger partial charge in [0.15, 0.2) is 11.7 Å². The van der Waals surface area contributed by atoms with Gasteiger partial charge in [0.25, 0.3) is 5.91 Å². The molecule has 88 valence electrons. The van der Waals surface area contributed by atoms with E-state index in [1.807, 2.05) is 17.5 Å². The van der Waals surface area contributed by atoms with E-state index in [4.69, 9.17) is 16.2 Å². The highest BCUT2D eigenvalue weighted by Gasteiger charge is 2.03. The minimum Gasteiger partial charge on any atom is -0.484 e. The average molecular weight is 249 g/mol. The normalized spacial score (nSPS) is 10.1. The van der Waals surface area contributed by atoms with E-state index in [0.29, 0.717) is 10.9 Å². The number of thiazole rings is 1. The molecular formula is C11H11N3O2S. The number of nitrogen functional groups attached to an aromatic ring is 1. The van der Waals surface area contributed by atoms with Gasteiger partial charge in [-0.2, -0.15) is 0 Å². The fraction of sp³-hybridized carbons (Fsp3) is 0.0909. The van der Waals surface area contributed by atoms with Crippen molar-refractivity contribution in [1.29, 1.82) is 0 Å². The minimum atomic E-state index is -0.499. The summed E-state index contributed by atoms with van der Waals surface area (Å²) in [6.07, 6.45) is 0. The van der Waals surface area contributed by atoms with Crippen LogP contribution in [0, 0.1) is 0 Å². The van der Waals surface area contributed by atoms with Gasteiger partial charge in [-0.15, -0.1) is 11.3 Å². The molecule has 2 rings (SSSR count). The number of primary amides is 1. The highest BCUT2D eigenvalue weighted by atomic mass is 32.1. The van der Waals surface area contributed by atoms with Crippen molar-refractivity contribution in [2.45, 2.75) is 0 Å². The first-order chi connectivity index (χ1) is 8.15. The summed E-state index contributed by atoms with van der Waals surface area (Å²) < 4.78 is 5.15. The van der Waals surface area contributed by atoms with Crippen LogP contribution >= 0.6 is 11.3 Å². The standard InChI is InChI=1S/C11H11N3O2S/c12-10(15)5-16-8-3-1-7(2-4-8)9-6-17-11(13)14-9/h1-4,6H,5H2,(H2,12,15)(H2,13,14). The Balaban J connectivity index is 2.10. The van der Waals surface area contributed by atoms with E-state index in [1.54, 1.807) is 12.1 Å². The van der Waals surface area contributed by atoms with Crippen LogP contribution in [0.25, 0.3) is 11.3 Å². The summed E-state index contributed by atoms with van der Waals surface area (Å²) in [7, 11) is 0. The van der Waals surface area contributed by atoms with Crippen molar-refractivity contribution >= 4 is 22.4 Å². The van der Waals surface area contributed by atoms with Crippen molar-refractivity contribution in [3.63, 3.8) is 0 Å². The number of nitrogens with zero attached hydrogens (tertiary/aromatic N) is 1. The summed E-state index contributed by atoms with van der Waals surface area (Å²) in [5.41, 5.74) is 12.3. The van der Waals surface area contributed by atoms with Crippen molar-refractivity contribution in [2.75, 3.05) is 12.3 Å².